The Labute approximate surface area is 219 Å². The van der Waals surface area contributed by atoms with Gasteiger partial charge in [0.15, 0.2) is 0 Å². The Morgan fingerprint density at radius 1 is 0.946 bits per heavy atom. The van der Waals surface area contributed by atoms with Crippen LogP contribution in [0, 0.1) is 5.82 Å². The minimum absolute atomic E-state index is 0.145. The van der Waals surface area contributed by atoms with Crippen molar-refractivity contribution >= 4 is 28.3 Å². The molecule has 0 saturated carbocycles. The molecule has 2 amide bonds. The summed E-state index contributed by atoms with van der Waals surface area (Å²) < 4.78 is 27.0. The first-order chi connectivity index (χ1) is 17.9. The smallest absolute Gasteiger partial charge is 0.259 e. The number of rotatable bonds is 10. The van der Waals surface area contributed by atoms with Gasteiger partial charge in [0.25, 0.3) is 11.8 Å². The second-order valence-electron chi connectivity index (χ2n) is 9.06. The molecule has 194 valence electrons. The molecule has 1 unspecified atom stereocenters. The minimum Gasteiger partial charge on any atom is -0.351 e. The molecule has 6 nitrogen and oxygen atoms in total. The second kappa shape index (κ2) is 12.3. The SMILES string of the molecule is CCCN(CCC)CCNC(=O)c1ccc2c(c1)N(Cc1ccc(F)cc1)C(=O)c1ccccc1S2=O. The van der Waals surface area contributed by atoms with Crippen molar-refractivity contribution in [3.05, 3.63) is 89.2 Å². The normalized spacial score (nSPS) is 14.8. The highest BCUT2D eigenvalue weighted by Gasteiger charge is 2.31. The molecule has 0 bridgehead atoms. The topological polar surface area (TPSA) is 69.7 Å². The summed E-state index contributed by atoms with van der Waals surface area (Å²) in [5.74, 6) is -0.940. The molecular weight excluding hydrogens is 489 g/mol. The Bertz CT molecular complexity index is 1290. The van der Waals surface area contributed by atoms with E-state index in [1.165, 1.54) is 17.0 Å². The van der Waals surface area contributed by atoms with Gasteiger partial charge in [-0.1, -0.05) is 38.1 Å². The van der Waals surface area contributed by atoms with E-state index < -0.39 is 10.8 Å². The molecule has 0 saturated heterocycles. The highest BCUT2D eigenvalue weighted by molar-refractivity contribution is 7.85. The zero-order valence-corrected chi connectivity index (χ0v) is 22.0. The molecule has 1 aliphatic rings. The number of carbonyl (C=O) groups is 2. The van der Waals surface area contributed by atoms with E-state index in [1.54, 1.807) is 54.6 Å². The molecule has 1 heterocycles. The monoisotopic (exact) mass is 521 g/mol. The van der Waals surface area contributed by atoms with Crippen LogP contribution in [0.1, 0.15) is 53.0 Å². The minimum atomic E-state index is -1.61. The van der Waals surface area contributed by atoms with E-state index in [-0.39, 0.29) is 24.2 Å². The van der Waals surface area contributed by atoms with E-state index >= 15 is 0 Å². The fraction of sp³-hybridized carbons (Fsp3) is 0.310. The summed E-state index contributed by atoms with van der Waals surface area (Å²) in [6.45, 7) is 7.64. The third-order valence-electron chi connectivity index (χ3n) is 6.32. The van der Waals surface area contributed by atoms with Crippen molar-refractivity contribution < 1.29 is 18.2 Å². The summed E-state index contributed by atoms with van der Waals surface area (Å²) in [4.78, 5) is 31.4. The van der Waals surface area contributed by atoms with Crippen LogP contribution in [0.15, 0.2) is 76.5 Å². The molecular formula is C29H32FN3O3S. The average Bonchev–Trinajstić information content (AvgIpc) is 2.99. The van der Waals surface area contributed by atoms with Gasteiger partial charge in [0.05, 0.1) is 38.4 Å². The van der Waals surface area contributed by atoms with E-state index in [2.05, 4.69) is 24.1 Å². The number of hydrogen-bond donors (Lipinski definition) is 1. The lowest BCUT2D eigenvalue weighted by Gasteiger charge is -2.24. The summed E-state index contributed by atoms with van der Waals surface area (Å²) in [6, 6.07) is 17.7. The molecule has 3 aromatic carbocycles. The quantitative estimate of drug-likeness (QED) is 0.408. The molecule has 37 heavy (non-hydrogen) atoms. The van der Waals surface area contributed by atoms with Crippen molar-refractivity contribution in [2.75, 3.05) is 31.1 Å². The van der Waals surface area contributed by atoms with Crippen LogP contribution in [0.3, 0.4) is 0 Å². The van der Waals surface area contributed by atoms with Gasteiger partial charge in [-0.2, -0.15) is 0 Å². The highest BCUT2D eigenvalue weighted by atomic mass is 32.2. The Morgan fingerprint density at radius 3 is 2.35 bits per heavy atom. The van der Waals surface area contributed by atoms with Gasteiger partial charge in [-0.25, -0.2) is 8.60 Å². The first kappa shape index (κ1) is 26.7. The number of hydrogen-bond acceptors (Lipinski definition) is 4. The number of nitrogens with one attached hydrogen (secondary N) is 1. The Kier molecular flexibility index (Phi) is 8.84. The Hall–Kier alpha value is -3.36. The maximum absolute atomic E-state index is 13.7. The third-order valence-corrected chi connectivity index (χ3v) is 7.82. The molecule has 4 rings (SSSR count). The zero-order chi connectivity index (χ0) is 26.4. The summed E-state index contributed by atoms with van der Waals surface area (Å²) in [6.07, 6.45) is 2.10. The van der Waals surface area contributed by atoms with Crippen LogP contribution in [0.4, 0.5) is 10.1 Å². The van der Waals surface area contributed by atoms with E-state index in [4.69, 9.17) is 0 Å². The van der Waals surface area contributed by atoms with Gasteiger partial charge < -0.3 is 15.1 Å². The van der Waals surface area contributed by atoms with Crippen molar-refractivity contribution in [2.45, 2.75) is 43.0 Å². The number of nitrogens with zero attached hydrogens (tertiary/aromatic N) is 2. The number of benzene rings is 3. The molecule has 1 atom stereocenters. The van der Waals surface area contributed by atoms with Crippen LogP contribution >= 0.6 is 0 Å². The van der Waals surface area contributed by atoms with Crippen LogP contribution in [-0.4, -0.2) is 47.1 Å². The van der Waals surface area contributed by atoms with Crippen molar-refractivity contribution in [1.82, 2.24) is 10.2 Å². The highest BCUT2D eigenvalue weighted by Crippen LogP contribution is 2.36. The fourth-order valence-corrected chi connectivity index (χ4v) is 5.88. The predicted molar refractivity (Wildman–Crippen MR) is 144 cm³/mol. The van der Waals surface area contributed by atoms with E-state index in [0.29, 0.717) is 38.7 Å². The van der Waals surface area contributed by atoms with Crippen LogP contribution in [0.25, 0.3) is 0 Å². The lowest BCUT2D eigenvalue weighted by atomic mass is 10.1. The van der Waals surface area contributed by atoms with E-state index in [1.807, 2.05) is 0 Å². The van der Waals surface area contributed by atoms with Gasteiger partial charge in [-0.15, -0.1) is 0 Å². The lowest BCUT2D eigenvalue weighted by Crippen LogP contribution is -2.36. The first-order valence-electron chi connectivity index (χ1n) is 12.6. The molecule has 1 N–H and O–H groups in total. The van der Waals surface area contributed by atoms with Crippen molar-refractivity contribution in [1.29, 1.82) is 0 Å². The first-order valence-corrected chi connectivity index (χ1v) is 13.8. The Morgan fingerprint density at radius 2 is 1.65 bits per heavy atom. The Balaban J connectivity index is 1.65. The molecule has 0 fully saturated rings. The van der Waals surface area contributed by atoms with Crippen LogP contribution in [-0.2, 0) is 17.3 Å². The second-order valence-corrected chi connectivity index (χ2v) is 10.5. The molecule has 0 aromatic heterocycles. The van der Waals surface area contributed by atoms with Gasteiger partial charge >= 0.3 is 0 Å². The molecule has 1 aliphatic heterocycles. The van der Waals surface area contributed by atoms with Crippen LogP contribution in [0.2, 0.25) is 0 Å². The van der Waals surface area contributed by atoms with Gasteiger partial charge in [0.1, 0.15) is 5.82 Å². The number of anilines is 1. The molecule has 0 radical (unpaired) electrons. The summed E-state index contributed by atoms with van der Waals surface area (Å²) >= 11 is 0. The largest absolute Gasteiger partial charge is 0.351 e. The van der Waals surface area contributed by atoms with Crippen molar-refractivity contribution in [3.63, 3.8) is 0 Å². The standard InChI is InChI=1S/C29H32FN3O3S/c1-3-16-32(17-4-2)18-15-31-28(34)22-11-14-27-25(19-22)33(20-21-9-12-23(30)13-10-21)29(35)24-7-5-6-8-26(24)37(27)36/h5-14,19H,3-4,15-18,20H2,1-2H3,(H,31,34). The maximum Gasteiger partial charge on any atom is 0.259 e. The van der Waals surface area contributed by atoms with Gasteiger partial charge in [0, 0.05) is 18.7 Å². The number of halogens is 1. The van der Waals surface area contributed by atoms with E-state index in [0.717, 1.165) is 32.5 Å². The number of amides is 2. The summed E-state index contributed by atoms with van der Waals surface area (Å²) in [5, 5.41) is 2.98. The maximum atomic E-state index is 13.7. The molecule has 3 aromatic rings. The van der Waals surface area contributed by atoms with Crippen LogP contribution < -0.4 is 10.2 Å². The summed E-state index contributed by atoms with van der Waals surface area (Å²) in [7, 11) is -1.61. The molecule has 0 spiro atoms. The molecule has 8 heteroatoms. The third kappa shape index (κ3) is 6.14. The molecule has 0 aliphatic carbocycles. The fourth-order valence-electron chi connectivity index (χ4n) is 4.53. The number of carbonyl (C=O) groups excluding carboxylic acids is 2. The van der Waals surface area contributed by atoms with Gasteiger partial charge in [-0.05, 0) is 74.0 Å². The van der Waals surface area contributed by atoms with Crippen molar-refractivity contribution in [2.24, 2.45) is 0 Å². The van der Waals surface area contributed by atoms with E-state index in [9.17, 15) is 18.2 Å². The van der Waals surface area contributed by atoms with Gasteiger partial charge in [-0.3, -0.25) is 9.59 Å². The average molecular weight is 522 g/mol. The van der Waals surface area contributed by atoms with Crippen molar-refractivity contribution in [3.8, 4) is 0 Å². The zero-order valence-electron chi connectivity index (χ0n) is 21.2. The van der Waals surface area contributed by atoms with Gasteiger partial charge in [0.2, 0.25) is 0 Å². The lowest BCUT2D eigenvalue weighted by molar-refractivity contribution is 0.0945. The number of fused-ring (bicyclic) bond motifs is 2. The summed E-state index contributed by atoms with van der Waals surface area (Å²) in [5.41, 5.74) is 1.86. The predicted octanol–water partition coefficient (Wildman–Crippen LogP) is 5.00. The van der Waals surface area contributed by atoms with Crippen LogP contribution in [0.5, 0.6) is 0 Å².